The van der Waals surface area contributed by atoms with Crippen LogP contribution in [-0.4, -0.2) is 17.3 Å². The minimum absolute atomic E-state index is 0.875. The van der Waals surface area contributed by atoms with E-state index in [0.29, 0.717) is 0 Å². The van der Waals surface area contributed by atoms with Gasteiger partial charge in [0.05, 0.1) is 0 Å². The van der Waals surface area contributed by atoms with Crippen LogP contribution in [-0.2, 0) is 6.54 Å². The first kappa shape index (κ1) is 17.7. The summed E-state index contributed by atoms with van der Waals surface area (Å²) in [4.78, 5) is 5.74. The molecule has 1 N–H and O–H groups in total. The highest BCUT2D eigenvalue weighted by Crippen LogP contribution is 2.19. The van der Waals surface area contributed by atoms with Crippen LogP contribution in [0.5, 0.6) is 0 Å². The molecule has 0 unspecified atom stereocenters. The fraction of sp³-hybridized carbons (Fsp3) is 0.227. The van der Waals surface area contributed by atoms with Crippen molar-refractivity contribution in [3.8, 4) is 11.1 Å². The van der Waals surface area contributed by atoms with Gasteiger partial charge in [0.1, 0.15) is 0 Å². The summed E-state index contributed by atoms with van der Waals surface area (Å²) in [6, 6.07) is 23.3. The van der Waals surface area contributed by atoms with E-state index in [0.717, 1.165) is 13.1 Å². The van der Waals surface area contributed by atoms with Crippen molar-refractivity contribution in [1.82, 2.24) is 10.3 Å². The van der Waals surface area contributed by atoms with Gasteiger partial charge in [-0.15, -0.1) is 11.8 Å². The molecule has 0 amide bonds. The molecule has 128 valence electrons. The van der Waals surface area contributed by atoms with E-state index in [4.69, 9.17) is 0 Å². The summed E-state index contributed by atoms with van der Waals surface area (Å²) in [5, 5.41) is 3.53. The van der Waals surface area contributed by atoms with Gasteiger partial charge in [0, 0.05) is 29.4 Å². The van der Waals surface area contributed by atoms with Gasteiger partial charge in [0.25, 0.3) is 0 Å². The number of hydrogen-bond acceptors (Lipinski definition) is 3. The SMILES string of the molecule is c1ccc(SCCCCNCc2cncc(-c3ccccc3)c2)cc1. The van der Waals surface area contributed by atoms with Crippen LogP contribution >= 0.6 is 11.8 Å². The maximum Gasteiger partial charge on any atom is 0.0346 e. The van der Waals surface area contributed by atoms with Crippen molar-refractivity contribution in [1.29, 1.82) is 0 Å². The molecule has 1 heterocycles. The molecule has 0 spiro atoms. The van der Waals surface area contributed by atoms with Crippen LogP contribution in [0.1, 0.15) is 18.4 Å². The molecule has 0 aliphatic carbocycles. The molecule has 1 aromatic heterocycles. The largest absolute Gasteiger partial charge is 0.313 e. The molecule has 0 aliphatic rings. The van der Waals surface area contributed by atoms with Gasteiger partial charge in [-0.3, -0.25) is 4.98 Å². The number of unbranched alkanes of at least 4 members (excludes halogenated alkanes) is 1. The zero-order valence-electron chi connectivity index (χ0n) is 14.4. The second-order valence-electron chi connectivity index (χ2n) is 5.99. The van der Waals surface area contributed by atoms with Crippen LogP contribution in [0.3, 0.4) is 0 Å². The van der Waals surface area contributed by atoms with Crippen LogP contribution in [0, 0.1) is 0 Å². The minimum atomic E-state index is 0.875. The molecule has 2 nitrogen and oxygen atoms in total. The second-order valence-corrected chi connectivity index (χ2v) is 7.16. The minimum Gasteiger partial charge on any atom is -0.313 e. The smallest absolute Gasteiger partial charge is 0.0346 e. The summed E-state index contributed by atoms with van der Waals surface area (Å²) in [5.41, 5.74) is 3.63. The Morgan fingerprint density at radius 1 is 0.800 bits per heavy atom. The molecular formula is C22H24N2S. The van der Waals surface area contributed by atoms with Crippen LogP contribution in [0.4, 0.5) is 0 Å². The lowest BCUT2D eigenvalue weighted by molar-refractivity contribution is 0.643. The first-order valence-corrected chi connectivity index (χ1v) is 9.78. The Kier molecular flexibility index (Phi) is 7.10. The molecule has 0 fully saturated rings. The van der Waals surface area contributed by atoms with Crippen LogP contribution in [0.25, 0.3) is 11.1 Å². The third-order valence-corrected chi connectivity index (χ3v) is 5.09. The van der Waals surface area contributed by atoms with E-state index >= 15 is 0 Å². The van der Waals surface area contributed by atoms with Crippen molar-refractivity contribution in [3.63, 3.8) is 0 Å². The molecule has 3 rings (SSSR count). The summed E-state index contributed by atoms with van der Waals surface area (Å²) < 4.78 is 0. The Hall–Kier alpha value is -2.10. The quantitative estimate of drug-likeness (QED) is 0.413. The molecule has 0 saturated heterocycles. The first-order chi connectivity index (χ1) is 12.4. The van der Waals surface area contributed by atoms with E-state index in [2.05, 4.69) is 71.0 Å². The number of rotatable bonds is 9. The van der Waals surface area contributed by atoms with E-state index in [9.17, 15) is 0 Å². The zero-order valence-corrected chi connectivity index (χ0v) is 15.2. The average molecular weight is 349 g/mol. The van der Waals surface area contributed by atoms with Gasteiger partial charge in [-0.1, -0.05) is 48.5 Å². The van der Waals surface area contributed by atoms with Gasteiger partial charge < -0.3 is 5.32 Å². The Morgan fingerprint density at radius 3 is 2.36 bits per heavy atom. The summed E-state index contributed by atoms with van der Waals surface area (Å²) in [6.45, 7) is 1.92. The lowest BCUT2D eigenvalue weighted by atomic mass is 10.1. The Balaban J connectivity index is 1.35. The van der Waals surface area contributed by atoms with Crippen molar-refractivity contribution < 1.29 is 0 Å². The Bertz CT molecular complexity index is 744. The van der Waals surface area contributed by atoms with Gasteiger partial charge in [-0.05, 0) is 54.5 Å². The zero-order chi connectivity index (χ0) is 17.2. The normalized spacial score (nSPS) is 10.7. The molecule has 0 aliphatic heterocycles. The van der Waals surface area contributed by atoms with E-state index in [1.54, 1.807) is 0 Å². The van der Waals surface area contributed by atoms with Crippen LogP contribution in [0.2, 0.25) is 0 Å². The van der Waals surface area contributed by atoms with Crippen molar-refractivity contribution in [2.24, 2.45) is 0 Å². The number of hydrogen-bond donors (Lipinski definition) is 1. The van der Waals surface area contributed by atoms with Crippen molar-refractivity contribution in [2.75, 3.05) is 12.3 Å². The molecular weight excluding hydrogens is 324 g/mol. The number of thioether (sulfide) groups is 1. The summed E-state index contributed by atoms with van der Waals surface area (Å²) in [6.07, 6.45) is 6.31. The number of nitrogens with one attached hydrogen (secondary N) is 1. The van der Waals surface area contributed by atoms with E-state index in [1.807, 2.05) is 30.2 Å². The summed E-state index contributed by atoms with van der Waals surface area (Å²) in [5.74, 6) is 1.18. The fourth-order valence-corrected chi connectivity index (χ4v) is 3.60. The first-order valence-electron chi connectivity index (χ1n) is 8.80. The Labute approximate surface area is 154 Å². The predicted octanol–water partition coefficient (Wildman–Crippen LogP) is 5.41. The lowest BCUT2D eigenvalue weighted by Crippen LogP contribution is -2.15. The van der Waals surface area contributed by atoms with E-state index < -0.39 is 0 Å². The standard InChI is InChI=1S/C22H24N2S/c1-3-9-20(10-4-1)21-15-19(17-24-18-21)16-23-13-7-8-14-25-22-11-5-2-6-12-22/h1-6,9-12,15,17-18,23H,7-8,13-14,16H2. The predicted molar refractivity (Wildman–Crippen MR) is 108 cm³/mol. The molecule has 3 aromatic rings. The van der Waals surface area contributed by atoms with E-state index in [-0.39, 0.29) is 0 Å². The van der Waals surface area contributed by atoms with Crippen molar-refractivity contribution in [3.05, 3.63) is 84.7 Å². The molecule has 2 aromatic carbocycles. The van der Waals surface area contributed by atoms with Crippen LogP contribution < -0.4 is 5.32 Å². The molecule has 0 radical (unpaired) electrons. The van der Waals surface area contributed by atoms with Gasteiger partial charge in [-0.25, -0.2) is 0 Å². The molecule has 0 saturated carbocycles. The maximum absolute atomic E-state index is 4.38. The van der Waals surface area contributed by atoms with Gasteiger partial charge in [0.15, 0.2) is 0 Å². The van der Waals surface area contributed by atoms with Crippen LogP contribution in [0.15, 0.2) is 84.0 Å². The molecule has 25 heavy (non-hydrogen) atoms. The molecule has 3 heteroatoms. The third-order valence-electron chi connectivity index (χ3n) is 3.99. The lowest BCUT2D eigenvalue weighted by Gasteiger charge is -2.07. The molecule has 0 bridgehead atoms. The number of nitrogens with zero attached hydrogens (tertiary/aromatic N) is 1. The van der Waals surface area contributed by atoms with Crippen molar-refractivity contribution in [2.45, 2.75) is 24.3 Å². The van der Waals surface area contributed by atoms with Crippen molar-refractivity contribution >= 4 is 11.8 Å². The third kappa shape index (κ3) is 6.04. The van der Waals surface area contributed by atoms with E-state index in [1.165, 1.54) is 40.2 Å². The summed E-state index contributed by atoms with van der Waals surface area (Å²) >= 11 is 1.94. The summed E-state index contributed by atoms with van der Waals surface area (Å²) in [7, 11) is 0. The Morgan fingerprint density at radius 2 is 1.56 bits per heavy atom. The van der Waals surface area contributed by atoms with Gasteiger partial charge in [0.2, 0.25) is 0 Å². The topological polar surface area (TPSA) is 24.9 Å². The number of benzene rings is 2. The second kappa shape index (κ2) is 10.0. The highest BCUT2D eigenvalue weighted by Gasteiger charge is 2.00. The monoisotopic (exact) mass is 348 g/mol. The molecule has 0 atom stereocenters. The number of aromatic nitrogens is 1. The fourth-order valence-electron chi connectivity index (χ4n) is 2.66. The highest BCUT2D eigenvalue weighted by molar-refractivity contribution is 7.99. The van der Waals surface area contributed by atoms with Gasteiger partial charge >= 0.3 is 0 Å². The number of pyridine rings is 1. The van der Waals surface area contributed by atoms with Gasteiger partial charge in [-0.2, -0.15) is 0 Å². The average Bonchev–Trinajstić information content (AvgIpc) is 2.69. The highest BCUT2D eigenvalue weighted by atomic mass is 32.2. The maximum atomic E-state index is 4.38.